The summed E-state index contributed by atoms with van der Waals surface area (Å²) in [6.07, 6.45) is 1.45. The second-order valence-corrected chi connectivity index (χ2v) is 7.10. The van der Waals surface area contributed by atoms with E-state index in [0.29, 0.717) is 56.8 Å². The Hall–Kier alpha value is -4.65. The third-order valence-corrected chi connectivity index (χ3v) is 5.35. The summed E-state index contributed by atoms with van der Waals surface area (Å²) < 4.78 is 17.9. The molecule has 3 N–H and O–H groups in total. The fourth-order valence-corrected chi connectivity index (χ4v) is 3.68. The lowest BCUT2D eigenvalue weighted by atomic mass is 10.1. The monoisotopic (exact) mass is 447 g/mol. The predicted molar refractivity (Wildman–Crippen MR) is 121 cm³/mol. The van der Waals surface area contributed by atoms with Crippen molar-refractivity contribution in [2.24, 2.45) is 0 Å². The third-order valence-electron chi connectivity index (χ3n) is 5.35. The molecule has 10 nitrogen and oxygen atoms in total. The van der Waals surface area contributed by atoms with Gasteiger partial charge in [-0.1, -0.05) is 6.07 Å². The van der Waals surface area contributed by atoms with E-state index in [9.17, 15) is 15.2 Å². The van der Waals surface area contributed by atoms with E-state index in [1.807, 2.05) is 0 Å². The van der Waals surface area contributed by atoms with Crippen molar-refractivity contribution in [2.75, 3.05) is 26.6 Å². The van der Waals surface area contributed by atoms with Gasteiger partial charge in [-0.3, -0.25) is 0 Å². The van der Waals surface area contributed by atoms with Gasteiger partial charge in [0.1, 0.15) is 11.6 Å². The molecule has 0 aliphatic rings. The van der Waals surface area contributed by atoms with Crippen LogP contribution in [0.15, 0.2) is 36.5 Å². The number of aromatic carboxylic acids is 1. The Bertz CT molecular complexity index is 1390. The molecule has 2 heterocycles. The Balaban J connectivity index is 1.96. The average molecular weight is 447 g/mol. The van der Waals surface area contributed by atoms with E-state index in [1.165, 1.54) is 33.6 Å². The number of benzene rings is 2. The van der Waals surface area contributed by atoms with E-state index in [-0.39, 0.29) is 5.56 Å². The first-order valence-corrected chi connectivity index (χ1v) is 9.83. The summed E-state index contributed by atoms with van der Waals surface area (Å²) in [5.41, 5.74) is 3.42. The number of methoxy groups -OCH3 is 3. The van der Waals surface area contributed by atoms with Crippen LogP contribution < -0.4 is 19.5 Å². The fraction of sp³-hybridized carbons (Fsp3) is 0.174. The zero-order chi connectivity index (χ0) is 23.7. The number of carboxylic acid groups (broad SMARTS) is 1. The van der Waals surface area contributed by atoms with Gasteiger partial charge < -0.3 is 29.6 Å². The lowest BCUT2D eigenvalue weighted by Crippen LogP contribution is -2.04. The minimum absolute atomic E-state index is 0.180. The van der Waals surface area contributed by atoms with Crippen molar-refractivity contribution < 1.29 is 24.1 Å². The zero-order valence-electron chi connectivity index (χ0n) is 18.4. The van der Waals surface area contributed by atoms with Crippen LogP contribution in [0.3, 0.4) is 0 Å². The summed E-state index contributed by atoms with van der Waals surface area (Å²) in [7, 11) is 4.57. The number of ether oxygens (including phenoxy) is 3. The van der Waals surface area contributed by atoms with Crippen molar-refractivity contribution in [3.8, 4) is 34.6 Å². The van der Waals surface area contributed by atoms with Gasteiger partial charge in [-0.2, -0.15) is 14.9 Å². The quantitative estimate of drug-likeness (QED) is 0.387. The molecule has 0 amide bonds. The average Bonchev–Trinajstić information content (AvgIpc) is 3.38. The van der Waals surface area contributed by atoms with Gasteiger partial charge in [0.25, 0.3) is 0 Å². The number of aromatic nitrogens is 3. The van der Waals surface area contributed by atoms with Gasteiger partial charge in [-0.15, -0.1) is 0 Å². The molecule has 0 spiro atoms. The van der Waals surface area contributed by atoms with Crippen LogP contribution in [0.5, 0.6) is 17.2 Å². The molecule has 10 heteroatoms. The Kier molecular flexibility index (Phi) is 5.54. The number of imidazole rings is 1. The van der Waals surface area contributed by atoms with Crippen LogP contribution in [0.25, 0.3) is 16.9 Å². The number of aromatic amines is 1. The maximum Gasteiger partial charge on any atom is 0.336 e. The van der Waals surface area contributed by atoms with E-state index in [4.69, 9.17) is 14.2 Å². The van der Waals surface area contributed by atoms with Gasteiger partial charge in [0.2, 0.25) is 5.75 Å². The Labute approximate surface area is 188 Å². The number of carbonyl (C=O) groups is 1. The van der Waals surface area contributed by atoms with E-state index in [2.05, 4.69) is 21.5 Å². The number of anilines is 2. The summed E-state index contributed by atoms with van der Waals surface area (Å²) in [5, 5.41) is 26.6. The number of hydrogen-bond acceptors (Lipinski definition) is 7. The molecular formula is C23H21N5O5. The highest BCUT2D eigenvalue weighted by Crippen LogP contribution is 2.43. The van der Waals surface area contributed by atoms with Crippen LogP contribution in [-0.2, 0) is 0 Å². The number of nitrogens with one attached hydrogen (secondary N) is 2. The van der Waals surface area contributed by atoms with Crippen LogP contribution in [0, 0.1) is 18.3 Å². The second-order valence-electron chi connectivity index (χ2n) is 7.10. The predicted octanol–water partition coefficient (Wildman–Crippen LogP) is 3.98. The van der Waals surface area contributed by atoms with Crippen LogP contribution >= 0.6 is 0 Å². The SMILES string of the molecule is COc1cc(-c2[nH]c3c(C#N)cnn3c2Nc2cccc(C(=O)O)c2C)cc(OC)c1OC. The molecular weight excluding hydrogens is 426 g/mol. The highest BCUT2D eigenvalue weighted by Gasteiger charge is 2.22. The molecule has 0 saturated heterocycles. The molecule has 0 unspecified atom stereocenters. The van der Waals surface area contributed by atoms with Crippen LogP contribution in [0.4, 0.5) is 11.5 Å². The minimum Gasteiger partial charge on any atom is -0.493 e. The standard InChI is InChI=1S/C23H21N5O5/c1-12-15(23(29)30)6-5-7-16(12)26-22-19(27-21-14(10-24)11-25-28(21)22)13-8-17(31-2)20(33-4)18(9-13)32-3/h5-9,11,26-27H,1-4H3,(H,29,30). The van der Waals surface area contributed by atoms with Crippen molar-refractivity contribution >= 4 is 23.1 Å². The molecule has 2 aromatic carbocycles. The van der Waals surface area contributed by atoms with E-state index in [1.54, 1.807) is 35.7 Å². The summed E-state index contributed by atoms with van der Waals surface area (Å²) >= 11 is 0. The number of hydrogen-bond donors (Lipinski definition) is 3. The van der Waals surface area contributed by atoms with Crippen molar-refractivity contribution in [3.05, 3.63) is 53.2 Å². The van der Waals surface area contributed by atoms with Gasteiger partial charge in [-0.25, -0.2) is 4.79 Å². The fourth-order valence-electron chi connectivity index (χ4n) is 3.68. The Morgan fingerprint density at radius 3 is 2.45 bits per heavy atom. The molecule has 0 atom stereocenters. The number of carboxylic acids is 1. The van der Waals surface area contributed by atoms with Gasteiger partial charge in [0, 0.05) is 11.3 Å². The molecule has 0 aliphatic carbocycles. The van der Waals surface area contributed by atoms with Crippen molar-refractivity contribution in [1.82, 2.24) is 14.6 Å². The van der Waals surface area contributed by atoms with Crippen LogP contribution in [-0.4, -0.2) is 47.0 Å². The zero-order valence-corrected chi connectivity index (χ0v) is 18.4. The van der Waals surface area contributed by atoms with Gasteiger partial charge in [0.15, 0.2) is 23.0 Å². The molecule has 33 heavy (non-hydrogen) atoms. The number of nitrogens with zero attached hydrogens (tertiary/aromatic N) is 3. The van der Waals surface area contributed by atoms with Gasteiger partial charge in [0.05, 0.1) is 38.8 Å². The largest absolute Gasteiger partial charge is 0.493 e. The molecule has 0 radical (unpaired) electrons. The maximum absolute atomic E-state index is 11.6. The van der Waals surface area contributed by atoms with Crippen molar-refractivity contribution in [1.29, 1.82) is 5.26 Å². The third kappa shape index (κ3) is 3.55. The summed E-state index contributed by atoms with van der Waals surface area (Å²) in [5.74, 6) is 0.832. The smallest absolute Gasteiger partial charge is 0.336 e. The van der Waals surface area contributed by atoms with Gasteiger partial charge >= 0.3 is 5.97 Å². The van der Waals surface area contributed by atoms with Crippen molar-refractivity contribution in [2.45, 2.75) is 6.92 Å². The first-order valence-electron chi connectivity index (χ1n) is 9.83. The number of H-pyrrole nitrogens is 1. The highest BCUT2D eigenvalue weighted by atomic mass is 16.5. The lowest BCUT2D eigenvalue weighted by molar-refractivity contribution is 0.0696. The summed E-state index contributed by atoms with van der Waals surface area (Å²) in [6.45, 7) is 1.72. The topological polar surface area (TPSA) is 134 Å². The lowest BCUT2D eigenvalue weighted by Gasteiger charge is -2.15. The maximum atomic E-state index is 11.6. The van der Waals surface area contributed by atoms with Crippen molar-refractivity contribution in [3.63, 3.8) is 0 Å². The van der Waals surface area contributed by atoms with Crippen LogP contribution in [0.2, 0.25) is 0 Å². The molecule has 0 bridgehead atoms. The molecule has 0 aliphatic heterocycles. The number of nitriles is 1. The first-order chi connectivity index (χ1) is 15.9. The molecule has 0 fully saturated rings. The summed E-state index contributed by atoms with van der Waals surface area (Å²) in [6, 6.07) is 10.6. The molecule has 0 saturated carbocycles. The summed E-state index contributed by atoms with van der Waals surface area (Å²) in [4.78, 5) is 14.8. The number of rotatable bonds is 7. The molecule has 4 rings (SSSR count). The minimum atomic E-state index is -1.02. The van der Waals surface area contributed by atoms with Crippen LogP contribution in [0.1, 0.15) is 21.5 Å². The Morgan fingerprint density at radius 1 is 1.18 bits per heavy atom. The molecule has 168 valence electrons. The van der Waals surface area contributed by atoms with E-state index in [0.717, 1.165) is 0 Å². The molecule has 2 aromatic heterocycles. The first kappa shape index (κ1) is 21.6. The number of fused-ring (bicyclic) bond motifs is 1. The molecule has 4 aromatic rings. The van der Waals surface area contributed by atoms with E-state index >= 15 is 0 Å². The van der Waals surface area contributed by atoms with Gasteiger partial charge in [-0.05, 0) is 36.8 Å². The highest BCUT2D eigenvalue weighted by molar-refractivity contribution is 5.92. The second kappa shape index (κ2) is 8.47. The van der Waals surface area contributed by atoms with E-state index < -0.39 is 5.97 Å². The normalized spacial score (nSPS) is 10.6. The Morgan fingerprint density at radius 2 is 1.88 bits per heavy atom.